The van der Waals surface area contributed by atoms with Crippen molar-refractivity contribution in [3.63, 3.8) is 0 Å². The number of ether oxygens (including phenoxy) is 2. The van der Waals surface area contributed by atoms with E-state index in [0.29, 0.717) is 5.28 Å². The Balaban J connectivity index is 0.000000147. The summed E-state index contributed by atoms with van der Waals surface area (Å²) in [4.78, 5) is 27.5. The van der Waals surface area contributed by atoms with Gasteiger partial charge in [0.2, 0.25) is 5.28 Å². The van der Waals surface area contributed by atoms with Crippen molar-refractivity contribution in [3.05, 3.63) is 52.2 Å². The summed E-state index contributed by atoms with van der Waals surface area (Å²) in [5.41, 5.74) is 5.84. The van der Waals surface area contributed by atoms with Gasteiger partial charge in [-0.15, -0.1) is 0 Å². The lowest BCUT2D eigenvalue weighted by molar-refractivity contribution is 0.152. The number of nitrogens with zero attached hydrogens (tertiary/aromatic N) is 7. The molecule has 39 heavy (non-hydrogen) atoms. The SMILES string of the molecule is Clc1nc2c(c(N3CCCOCC3)n1)CCC2.c1ccc(-c2nc3c(c(N4CCCOCC4)n2)CCC3)nc1. The number of hydrogen-bond acceptors (Lipinski definition) is 9. The van der Waals surface area contributed by atoms with Crippen LogP contribution in [0.25, 0.3) is 11.5 Å². The molecule has 5 heterocycles. The van der Waals surface area contributed by atoms with Crippen LogP contribution in [0.15, 0.2) is 24.4 Å². The van der Waals surface area contributed by atoms with Gasteiger partial charge in [0.05, 0.1) is 18.9 Å². The van der Waals surface area contributed by atoms with Crippen molar-refractivity contribution in [1.29, 1.82) is 0 Å². The molecular formula is C29H36ClN7O2. The minimum atomic E-state index is 0.380. The van der Waals surface area contributed by atoms with Gasteiger partial charge in [-0.3, -0.25) is 4.98 Å². The molecular weight excluding hydrogens is 514 g/mol. The molecule has 0 radical (unpaired) electrons. The van der Waals surface area contributed by atoms with Crippen molar-refractivity contribution in [2.45, 2.75) is 51.4 Å². The van der Waals surface area contributed by atoms with E-state index >= 15 is 0 Å². The van der Waals surface area contributed by atoms with Gasteiger partial charge in [-0.2, -0.15) is 0 Å². The zero-order valence-electron chi connectivity index (χ0n) is 22.4. The summed E-state index contributed by atoms with van der Waals surface area (Å²) >= 11 is 6.01. The first-order valence-electron chi connectivity index (χ1n) is 14.3. The molecule has 0 spiro atoms. The monoisotopic (exact) mass is 549 g/mol. The van der Waals surface area contributed by atoms with Gasteiger partial charge in [0, 0.05) is 62.4 Å². The quantitative estimate of drug-likeness (QED) is 0.448. The third kappa shape index (κ3) is 6.15. The number of fused-ring (bicyclic) bond motifs is 2. The average molecular weight is 550 g/mol. The first kappa shape index (κ1) is 26.3. The second kappa shape index (κ2) is 12.5. The number of anilines is 2. The Hall–Kier alpha value is -2.88. The van der Waals surface area contributed by atoms with E-state index in [1.807, 2.05) is 18.2 Å². The Labute approximate surface area is 235 Å². The molecule has 0 saturated carbocycles. The van der Waals surface area contributed by atoms with Crippen molar-refractivity contribution < 1.29 is 9.47 Å². The van der Waals surface area contributed by atoms with Gasteiger partial charge in [-0.1, -0.05) is 6.07 Å². The van der Waals surface area contributed by atoms with E-state index in [1.54, 1.807) is 6.20 Å². The molecule has 206 valence electrons. The summed E-state index contributed by atoms with van der Waals surface area (Å²) in [6.45, 7) is 7.05. The van der Waals surface area contributed by atoms with E-state index in [9.17, 15) is 0 Å². The van der Waals surface area contributed by atoms with E-state index in [4.69, 9.17) is 31.0 Å². The molecule has 10 heteroatoms. The molecule has 0 atom stereocenters. The van der Waals surface area contributed by atoms with Gasteiger partial charge in [0.1, 0.15) is 17.3 Å². The second-order valence-corrected chi connectivity index (χ2v) is 10.7. The summed E-state index contributed by atoms with van der Waals surface area (Å²) < 4.78 is 11.1. The fraction of sp³-hybridized carbons (Fsp3) is 0.552. The van der Waals surface area contributed by atoms with Crippen molar-refractivity contribution in [2.24, 2.45) is 0 Å². The highest BCUT2D eigenvalue weighted by Crippen LogP contribution is 2.32. The second-order valence-electron chi connectivity index (χ2n) is 10.4. The third-order valence-corrected chi connectivity index (χ3v) is 7.90. The summed E-state index contributed by atoms with van der Waals surface area (Å²) in [7, 11) is 0. The lowest BCUT2D eigenvalue weighted by atomic mass is 10.2. The highest BCUT2D eigenvalue weighted by atomic mass is 35.5. The average Bonchev–Trinajstić information content (AvgIpc) is 3.44. The summed E-state index contributed by atoms with van der Waals surface area (Å²) in [5, 5.41) is 0.380. The molecule has 3 aromatic rings. The largest absolute Gasteiger partial charge is 0.380 e. The van der Waals surface area contributed by atoms with Crippen molar-refractivity contribution in [2.75, 3.05) is 62.4 Å². The van der Waals surface area contributed by atoms with Crippen LogP contribution in [0.2, 0.25) is 5.28 Å². The van der Waals surface area contributed by atoms with Crippen LogP contribution < -0.4 is 9.80 Å². The Morgan fingerprint density at radius 1 is 0.641 bits per heavy atom. The number of aryl methyl sites for hydroxylation is 2. The first-order chi connectivity index (χ1) is 19.3. The summed E-state index contributed by atoms with van der Waals surface area (Å²) in [6, 6.07) is 5.88. The fourth-order valence-electron chi connectivity index (χ4n) is 5.84. The predicted molar refractivity (Wildman–Crippen MR) is 152 cm³/mol. The molecule has 0 bridgehead atoms. The van der Waals surface area contributed by atoms with Crippen LogP contribution in [-0.2, 0) is 35.2 Å². The van der Waals surface area contributed by atoms with Crippen molar-refractivity contribution >= 4 is 23.2 Å². The molecule has 7 rings (SSSR count). The smallest absolute Gasteiger partial charge is 0.224 e. The van der Waals surface area contributed by atoms with Crippen molar-refractivity contribution in [3.8, 4) is 11.5 Å². The summed E-state index contributed by atoms with van der Waals surface area (Å²) in [5.74, 6) is 2.90. The van der Waals surface area contributed by atoms with Gasteiger partial charge >= 0.3 is 0 Å². The molecule has 4 aliphatic rings. The molecule has 2 saturated heterocycles. The maximum Gasteiger partial charge on any atom is 0.224 e. The van der Waals surface area contributed by atoms with Crippen molar-refractivity contribution in [1.82, 2.24) is 24.9 Å². The number of hydrogen-bond donors (Lipinski definition) is 0. The van der Waals surface area contributed by atoms with E-state index in [0.717, 1.165) is 120 Å². The standard InChI is InChI=1S/C17H20N4O.C12H16ClN3O/c1-2-8-18-15(6-1)16-19-14-7-3-5-13(14)17(20-16)21-9-4-11-22-12-10-21;13-12-14-10-4-1-3-9(10)11(15-12)16-5-2-7-17-8-6-16/h1-2,6,8H,3-5,7,9-12H2;1-8H2. The number of pyridine rings is 1. The topological polar surface area (TPSA) is 89.4 Å². The third-order valence-electron chi connectivity index (χ3n) is 7.73. The van der Waals surface area contributed by atoms with Crippen LogP contribution in [0.3, 0.4) is 0 Å². The molecule has 0 N–H and O–H groups in total. The van der Waals surface area contributed by atoms with Crippen LogP contribution >= 0.6 is 11.6 Å². The highest BCUT2D eigenvalue weighted by Gasteiger charge is 2.25. The number of halogens is 1. The van der Waals surface area contributed by atoms with Crippen LogP contribution in [0.4, 0.5) is 11.6 Å². The molecule has 9 nitrogen and oxygen atoms in total. The van der Waals surface area contributed by atoms with Crippen LogP contribution in [0, 0.1) is 0 Å². The highest BCUT2D eigenvalue weighted by molar-refractivity contribution is 6.28. The zero-order chi connectivity index (χ0) is 26.4. The van der Waals surface area contributed by atoms with Gasteiger partial charge < -0.3 is 19.3 Å². The molecule has 3 aromatic heterocycles. The van der Waals surface area contributed by atoms with Gasteiger partial charge in [-0.05, 0) is 75.1 Å². The molecule has 0 aromatic carbocycles. The molecule has 2 aliphatic carbocycles. The van der Waals surface area contributed by atoms with Gasteiger partial charge in [0.15, 0.2) is 5.82 Å². The zero-order valence-corrected chi connectivity index (χ0v) is 23.2. The Morgan fingerprint density at radius 2 is 1.28 bits per heavy atom. The van der Waals surface area contributed by atoms with Crippen LogP contribution in [0.5, 0.6) is 0 Å². The minimum Gasteiger partial charge on any atom is -0.380 e. The molecule has 0 amide bonds. The number of rotatable bonds is 3. The van der Waals surface area contributed by atoms with Crippen LogP contribution in [0.1, 0.15) is 48.2 Å². The van der Waals surface area contributed by atoms with Gasteiger partial charge in [-0.25, -0.2) is 19.9 Å². The molecule has 2 fully saturated rings. The lowest BCUT2D eigenvalue weighted by Gasteiger charge is -2.23. The maximum absolute atomic E-state index is 6.01. The van der Waals surface area contributed by atoms with E-state index < -0.39 is 0 Å². The summed E-state index contributed by atoms with van der Waals surface area (Å²) in [6.07, 6.45) is 10.5. The van der Waals surface area contributed by atoms with E-state index in [2.05, 4.69) is 24.8 Å². The Bertz CT molecular complexity index is 1260. The fourth-order valence-corrected chi connectivity index (χ4v) is 6.03. The van der Waals surface area contributed by atoms with E-state index in [1.165, 1.54) is 29.7 Å². The minimum absolute atomic E-state index is 0.380. The predicted octanol–water partition coefficient (Wildman–Crippen LogP) is 4.10. The first-order valence-corrected chi connectivity index (χ1v) is 14.7. The number of aromatic nitrogens is 5. The molecule has 2 aliphatic heterocycles. The Morgan fingerprint density at radius 3 is 1.92 bits per heavy atom. The van der Waals surface area contributed by atoms with Crippen LogP contribution in [-0.4, -0.2) is 77.5 Å². The maximum atomic E-state index is 6.01. The Kier molecular flexibility index (Phi) is 8.47. The lowest BCUT2D eigenvalue weighted by Crippen LogP contribution is -2.28. The molecule has 0 unspecified atom stereocenters. The van der Waals surface area contributed by atoms with Gasteiger partial charge in [0.25, 0.3) is 0 Å². The normalized spacial score (nSPS) is 19.0. The van der Waals surface area contributed by atoms with E-state index in [-0.39, 0.29) is 0 Å².